The third-order valence-corrected chi connectivity index (χ3v) is 10.9. The maximum Gasteiger partial charge on any atom is 0.306 e. The fourth-order valence-corrected chi connectivity index (χ4v) is 6.90. The van der Waals surface area contributed by atoms with Gasteiger partial charge in [0.05, 0.1) is 0 Å². The summed E-state index contributed by atoms with van der Waals surface area (Å²) in [7, 11) is 0. The van der Waals surface area contributed by atoms with E-state index in [0.29, 0.717) is 25.7 Å². The smallest absolute Gasteiger partial charge is 0.306 e. The van der Waals surface area contributed by atoms with Crippen LogP contribution in [0.1, 0.15) is 239 Å². The molecule has 0 aliphatic carbocycles. The average Bonchev–Trinajstić information content (AvgIpc) is 3.28. The van der Waals surface area contributed by atoms with Gasteiger partial charge in [-0.05, 0) is 103 Å². The molecule has 0 saturated carbocycles. The Balaban J connectivity index is 4.42. The van der Waals surface area contributed by atoms with Gasteiger partial charge in [0.15, 0.2) is 6.10 Å². The summed E-state index contributed by atoms with van der Waals surface area (Å²) in [5.74, 6) is -1.01. The summed E-state index contributed by atoms with van der Waals surface area (Å²) in [6, 6.07) is 0. The highest BCUT2D eigenvalue weighted by atomic mass is 16.6. The fraction of sp³-hybridized carbons (Fsp3) is 0.702. The summed E-state index contributed by atoms with van der Waals surface area (Å²) in [5, 5.41) is 0. The number of unbranched alkanes of at least 4 members (excludes halogenated alkanes) is 22. The van der Waals surface area contributed by atoms with Crippen LogP contribution in [-0.4, -0.2) is 37.2 Å². The highest BCUT2D eigenvalue weighted by molar-refractivity contribution is 5.71. The lowest BCUT2D eigenvalue weighted by atomic mass is 10.1. The van der Waals surface area contributed by atoms with Crippen molar-refractivity contribution in [3.63, 3.8) is 0 Å². The van der Waals surface area contributed by atoms with E-state index in [9.17, 15) is 14.4 Å². The number of carbonyl (C=O) groups is 3. The summed E-state index contributed by atoms with van der Waals surface area (Å²) < 4.78 is 16.7. The molecule has 0 bridgehead atoms. The van der Waals surface area contributed by atoms with E-state index in [2.05, 4.69) is 106 Å². The molecule has 0 heterocycles. The van der Waals surface area contributed by atoms with Gasteiger partial charge in [-0.15, -0.1) is 0 Å². The van der Waals surface area contributed by atoms with Crippen LogP contribution < -0.4 is 0 Å². The maximum absolute atomic E-state index is 12.8. The molecule has 0 N–H and O–H groups in total. The SMILES string of the molecule is CCCCC/C=C\C=C/CCCCCCCCCCCCC(=O)OCC(COC(=O)CCC/C=C\CCCCCC)OC(=O)CCC/C=C\C/C=C\C/C=C\C/C=C\CCCCC. The largest absolute Gasteiger partial charge is 0.462 e. The fourth-order valence-electron chi connectivity index (χ4n) is 6.90. The quantitative estimate of drug-likeness (QED) is 0.0199. The summed E-state index contributed by atoms with van der Waals surface area (Å²) >= 11 is 0. The normalized spacial score (nSPS) is 12.7. The number of rotatable bonds is 46. The van der Waals surface area contributed by atoms with Crippen LogP contribution in [0.15, 0.2) is 85.1 Å². The van der Waals surface area contributed by atoms with Crippen molar-refractivity contribution in [3.05, 3.63) is 85.1 Å². The molecule has 0 rings (SSSR count). The Hall–Kier alpha value is -3.41. The number of esters is 3. The van der Waals surface area contributed by atoms with Gasteiger partial charge in [-0.3, -0.25) is 14.4 Å². The molecular weight excluding hydrogens is 781 g/mol. The molecule has 0 aromatic carbocycles. The van der Waals surface area contributed by atoms with Crippen LogP contribution in [-0.2, 0) is 28.6 Å². The molecule has 0 amide bonds. The van der Waals surface area contributed by atoms with Crippen molar-refractivity contribution in [2.45, 2.75) is 245 Å². The second kappa shape index (κ2) is 51.2. The number of allylic oxidation sites excluding steroid dienone is 14. The monoisotopic (exact) mass is 877 g/mol. The molecule has 0 aromatic rings. The zero-order valence-corrected chi connectivity index (χ0v) is 41.1. The molecule has 1 atom stereocenters. The summed E-state index contributed by atoms with van der Waals surface area (Å²) in [4.78, 5) is 37.9. The first-order valence-corrected chi connectivity index (χ1v) is 26.1. The Morgan fingerprint density at radius 2 is 0.635 bits per heavy atom. The van der Waals surface area contributed by atoms with Crippen LogP contribution in [0.25, 0.3) is 0 Å². The third kappa shape index (κ3) is 49.5. The molecule has 0 radical (unpaired) electrons. The van der Waals surface area contributed by atoms with Gasteiger partial charge in [0.1, 0.15) is 13.2 Å². The van der Waals surface area contributed by atoms with E-state index in [1.165, 1.54) is 128 Å². The van der Waals surface area contributed by atoms with Crippen LogP contribution in [0.2, 0.25) is 0 Å². The van der Waals surface area contributed by atoms with Crippen molar-refractivity contribution in [2.75, 3.05) is 13.2 Å². The van der Waals surface area contributed by atoms with Gasteiger partial charge in [0.25, 0.3) is 0 Å². The molecule has 0 saturated heterocycles. The molecule has 0 aliphatic heterocycles. The predicted molar refractivity (Wildman–Crippen MR) is 270 cm³/mol. The second-order valence-electron chi connectivity index (χ2n) is 17.1. The Morgan fingerprint density at radius 3 is 1.10 bits per heavy atom. The highest BCUT2D eigenvalue weighted by Crippen LogP contribution is 2.14. The zero-order chi connectivity index (χ0) is 45.8. The van der Waals surface area contributed by atoms with Gasteiger partial charge in [-0.2, -0.15) is 0 Å². The standard InChI is InChI=1S/C57H96O6/c1-4-7-10-13-16-19-21-23-25-27-28-30-31-33-35-38-41-44-47-50-56(59)62-53-54(52-61-55(58)49-46-43-40-37-18-15-12-9-6-3)63-57(60)51-48-45-42-39-36-34-32-29-26-24-22-20-17-14-11-8-5-2/h16-17,19-21,23-24,26,32,34,37,39-40,42,54H,4-15,18,22,25,27-31,33,35-36,38,41,43-53H2,1-3H3/b19-16-,20-17-,23-21-,26-24-,34-32-,40-37-,42-39-. The predicted octanol–water partition coefficient (Wildman–Crippen LogP) is 17.2. The van der Waals surface area contributed by atoms with Gasteiger partial charge in [0, 0.05) is 19.3 Å². The molecular formula is C57H96O6. The van der Waals surface area contributed by atoms with Crippen molar-refractivity contribution in [1.29, 1.82) is 0 Å². The second-order valence-corrected chi connectivity index (χ2v) is 17.1. The molecule has 0 fully saturated rings. The molecule has 6 heteroatoms. The average molecular weight is 877 g/mol. The molecule has 1 unspecified atom stereocenters. The Bertz CT molecular complexity index is 1240. The molecule has 0 spiro atoms. The van der Waals surface area contributed by atoms with E-state index in [4.69, 9.17) is 14.2 Å². The van der Waals surface area contributed by atoms with Gasteiger partial charge in [-0.25, -0.2) is 0 Å². The molecule has 0 aliphatic rings. The van der Waals surface area contributed by atoms with E-state index in [1.54, 1.807) is 0 Å². The first-order valence-electron chi connectivity index (χ1n) is 26.1. The van der Waals surface area contributed by atoms with E-state index < -0.39 is 6.10 Å². The van der Waals surface area contributed by atoms with Gasteiger partial charge in [-0.1, -0.05) is 202 Å². The number of hydrogen-bond acceptors (Lipinski definition) is 6. The van der Waals surface area contributed by atoms with E-state index in [1.807, 2.05) is 0 Å². The van der Waals surface area contributed by atoms with Crippen LogP contribution >= 0.6 is 0 Å². The summed E-state index contributed by atoms with van der Waals surface area (Å²) in [5.41, 5.74) is 0. The van der Waals surface area contributed by atoms with E-state index >= 15 is 0 Å². The minimum absolute atomic E-state index is 0.109. The van der Waals surface area contributed by atoms with E-state index in [0.717, 1.165) is 57.8 Å². The lowest BCUT2D eigenvalue weighted by Gasteiger charge is -2.18. The van der Waals surface area contributed by atoms with Crippen LogP contribution in [0, 0.1) is 0 Å². The van der Waals surface area contributed by atoms with Crippen molar-refractivity contribution in [2.24, 2.45) is 0 Å². The molecule has 0 aromatic heterocycles. The van der Waals surface area contributed by atoms with Crippen LogP contribution in [0.5, 0.6) is 0 Å². The topological polar surface area (TPSA) is 78.9 Å². The lowest BCUT2D eigenvalue weighted by molar-refractivity contribution is -0.167. The van der Waals surface area contributed by atoms with Gasteiger partial charge < -0.3 is 14.2 Å². The minimum Gasteiger partial charge on any atom is -0.462 e. The van der Waals surface area contributed by atoms with Crippen molar-refractivity contribution < 1.29 is 28.6 Å². The zero-order valence-electron chi connectivity index (χ0n) is 41.1. The summed E-state index contributed by atoms with van der Waals surface area (Å²) in [6.45, 7) is 6.47. The molecule has 63 heavy (non-hydrogen) atoms. The first-order chi connectivity index (χ1) is 31.0. The van der Waals surface area contributed by atoms with E-state index in [-0.39, 0.29) is 37.5 Å². The van der Waals surface area contributed by atoms with Gasteiger partial charge >= 0.3 is 17.9 Å². The third-order valence-electron chi connectivity index (χ3n) is 10.9. The van der Waals surface area contributed by atoms with Crippen molar-refractivity contribution in [1.82, 2.24) is 0 Å². The van der Waals surface area contributed by atoms with Crippen LogP contribution in [0.4, 0.5) is 0 Å². The van der Waals surface area contributed by atoms with Crippen molar-refractivity contribution in [3.8, 4) is 0 Å². The lowest BCUT2D eigenvalue weighted by Crippen LogP contribution is -2.30. The Kier molecular flexibility index (Phi) is 48.5. The van der Waals surface area contributed by atoms with Crippen molar-refractivity contribution >= 4 is 17.9 Å². The van der Waals surface area contributed by atoms with Gasteiger partial charge in [0.2, 0.25) is 0 Å². The number of hydrogen-bond donors (Lipinski definition) is 0. The van der Waals surface area contributed by atoms with Crippen LogP contribution in [0.3, 0.4) is 0 Å². The number of ether oxygens (including phenoxy) is 3. The highest BCUT2D eigenvalue weighted by Gasteiger charge is 2.19. The molecule has 6 nitrogen and oxygen atoms in total. The maximum atomic E-state index is 12.8. The number of carbonyl (C=O) groups excluding carboxylic acids is 3. The summed E-state index contributed by atoms with van der Waals surface area (Å²) in [6.07, 6.45) is 65.8. The minimum atomic E-state index is -0.816. The Labute approximate surface area is 388 Å². The Morgan fingerprint density at radius 1 is 0.333 bits per heavy atom. The first kappa shape index (κ1) is 59.6. The molecule has 360 valence electrons.